The van der Waals surface area contributed by atoms with Crippen LogP contribution in [0.5, 0.6) is 0 Å². The van der Waals surface area contributed by atoms with Crippen molar-refractivity contribution in [1.29, 1.82) is 0 Å². The van der Waals surface area contributed by atoms with Crippen molar-refractivity contribution < 1.29 is 9.59 Å². The van der Waals surface area contributed by atoms with Gasteiger partial charge in [-0.3, -0.25) is 14.4 Å². The summed E-state index contributed by atoms with van der Waals surface area (Å²) in [5.74, 6) is -0.606. The number of amides is 2. The van der Waals surface area contributed by atoms with Crippen LogP contribution >= 0.6 is 0 Å². The Morgan fingerprint density at radius 2 is 1.88 bits per heavy atom. The summed E-state index contributed by atoms with van der Waals surface area (Å²) < 4.78 is 0. The zero-order valence-corrected chi connectivity index (χ0v) is 14.5. The van der Waals surface area contributed by atoms with Crippen LogP contribution in [0.4, 0.5) is 0 Å². The molecule has 0 aliphatic carbocycles. The Bertz CT molecular complexity index is 818. The Morgan fingerprint density at radius 1 is 1.21 bits per heavy atom. The van der Waals surface area contributed by atoms with Gasteiger partial charge in [-0.05, 0) is 45.2 Å². The van der Waals surface area contributed by atoms with Crippen LogP contribution in [0, 0.1) is 0 Å². The van der Waals surface area contributed by atoms with E-state index in [1.807, 2.05) is 26.8 Å². The largest absolute Gasteiger partial charge is 0.350 e. The highest BCUT2D eigenvalue weighted by molar-refractivity contribution is 5.98. The van der Waals surface area contributed by atoms with Gasteiger partial charge in [-0.2, -0.15) is 0 Å². The lowest BCUT2D eigenvalue weighted by Crippen LogP contribution is -2.47. The molecule has 0 atom stereocenters. The second-order valence-electron chi connectivity index (χ2n) is 6.72. The van der Waals surface area contributed by atoms with Crippen molar-refractivity contribution in [3.63, 3.8) is 0 Å². The van der Waals surface area contributed by atoms with Crippen molar-refractivity contribution >= 4 is 22.6 Å². The first-order chi connectivity index (χ1) is 11.2. The third-order valence-electron chi connectivity index (χ3n) is 3.50. The molecule has 0 saturated carbocycles. The molecule has 1 heterocycles. The summed E-state index contributed by atoms with van der Waals surface area (Å²) in [5.41, 5.74) is -0.493. The lowest BCUT2D eigenvalue weighted by molar-refractivity contribution is -0.123. The Labute approximate surface area is 140 Å². The van der Waals surface area contributed by atoms with Gasteiger partial charge in [0.2, 0.25) is 5.91 Å². The number of hydrogen-bond donors (Lipinski definition) is 2. The SMILES string of the molecule is CCN(CC(=O)NC(C)(C)C)C(=O)c1cc2ccccc2c(=O)[nH]1. The molecule has 1 aromatic heterocycles. The molecule has 0 spiro atoms. The minimum atomic E-state index is -0.371. The van der Waals surface area contributed by atoms with E-state index in [2.05, 4.69) is 10.3 Å². The summed E-state index contributed by atoms with van der Waals surface area (Å²) in [5, 5.41) is 4.05. The number of aromatic amines is 1. The molecule has 6 heteroatoms. The number of pyridine rings is 1. The average Bonchev–Trinajstić information content (AvgIpc) is 2.50. The third-order valence-corrected chi connectivity index (χ3v) is 3.50. The van der Waals surface area contributed by atoms with Gasteiger partial charge in [0.15, 0.2) is 0 Å². The van der Waals surface area contributed by atoms with Crippen LogP contribution in [0.1, 0.15) is 38.2 Å². The molecular weight excluding hydrogens is 306 g/mol. The smallest absolute Gasteiger partial charge is 0.270 e. The number of nitrogens with one attached hydrogen (secondary N) is 2. The van der Waals surface area contributed by atoms with Crippen molar-refractivity contribution in [3.8, 4) is 0 Å². The molecule has 2 amide bonds. The first kappa shape index (κ1) is 17.7. The number of rotatable bonds is 4. The number of fused-ring (bicyclic) bond motifs is 1. The Hall–Kier alpha value is -2.63. The molecule has 2 N–H and O–H groups in total. The summed E-state index contributed by atoms with van der Waals surface area (Å²) in [4.78, 5) is 40.8. The molecule has 0 unspecified atom stereocenters. The van der Waals surface area contributed by atoms with E-state index >= 15 is 0 Å². The van der Waals surface area contributed by atoms with Crippen molar-refractivity contribution in [3.05, 3.63) is 46.4 Å². The van der Waals surface area contributed by atoms with Gasteiger partial charge in [-0.1, -0.05) is 18.2 Å². The van der Waals surface area contributed by atoms with Gasteiger partial charge in [-0.15, -0.1) is 0 Å². The van der Waals surface area contributed by atoms with Crippen molar-refractivity contribution in [2.24, 2.45) is 0 Å². The lowest BCUT2D eigenvalue weighted by Gasteiger charge is -2.25. The van der Waals surface area contributed by atoms with E-state index in [-0.39, 0.29) is 35.2 Å². The summed E-state index contributed by atoms with van der Waals surface area (Å²) in [6.45, 7) is 7.74. The molecule has 0 radical (unpaired) electrons. The number of hydrogen-bond acceptors (Lipinski definition) is 3. The Morgan fingerprint density at radius 3 is 2.50 bits per heavy atom. The summed E-state index contributed by atoms with van der Waals surface area (Å²) in [7, 11) is 0. The van der Waals surface area contributed by atoms with Gasteiger partial charge >= 0.3 is 0 Å². The molecule has 2 aromatic rings. The topological polar surface area (TPSA) is 82.3 Å². The normalized spacial score (nSPS) is 11.3. The van der Waals surface area contributed by atoms with Gasteiger partial charge in [0.25, 0.3) is 11.5 Å². The highest BCUT2D eigenvalue weighted by atomic mass is 16.2. The van der Waals surface area contributed by atoms with Crippen LogP contribution in [0.3, 0.4) is 0 Å². The van der Waals surface area contributed by atoms with Crippen LogP contribution in [-0.2, 0) is 4.79 Å². The van der Waals surface area contributed by atoms with Crippen LogP contribution in [-0.4, -0.2) is 40.3 Å². The number of carbonyl (C=O) groups is 2. The molecule has 0 aliphatic rings. The van der Waals surface area contributed by atoms with E-state index in [4.69, 9.17) is 0 Å². The molecule has 1 aromatic carbocycles. The number of H-pyrrole nitrogens is 1. The van der Waals surface area contributed by atoms with Crippen LogP contribution in [0.2, 0.25) is 0 Å². The zero-order valence-electron chi connectivity index (χ0n) is 14.5. The second-order valence-corrected chi connectivity index (χ2v) is 6.72. The molecule has 0 aliphatic heterocycles. The molecule has 0 saturated heterocycles. The maximum absolute atomic E-state index is 12.6. The van der Waals surface area contributed by atoms with Gasteiger partial charge in [0.05, 0.1) is 6.54 Å². The molecule has 24 heavy (non-hydrogen) atoms. The first-order valence-electron chi connectivity index (χ1n) is 7.93. The zero-order chi connectivity index (χ0) is 17.9. The monoisotopic (exact) mass is 329 g/mol. The molecule has 0 bridgehead atoms. The summed E-state index contributed by atoms with van der Waals surface area (Å²) >= 11 is 0. The molecule has 0 fully saturated rings. The highest BCUT2D eigenvalue weighted by Crippen LogP contribution is 2.11. The fourth-order valence-corrected chi connectivity index (χ4v) is 2.45. The predicted molar refractivity (Wildman–Crippen MR) is 94.0 cm³/mol. The Balaban J connectivity index is 2.25. The lowest BCUT2D eigenvalue weighted by atomic mass is 10.1. The van der Waals surface area contributed by atoms with Crippen molar-refractivity contribution in [2.45, 2.75) is 33.2 Å². The van der Waals surface area contributed by atoms with E-state index in [1.54, 1.807) is 31.2 Å². The highest BCUT2D eigenvalue weighted by Gasteiger charge is 2.21. The average molecular weight is 329 g/mol. The quantitative estimate of drug-likeness (QED) is 0.899. The summed E-state index contributed by atoms with van der Waals surface area (Å²) in [6, 6.07) is 8.71. The first-order valence-corrected chi connectivity index (χ1v) is 7.93. The fourth-order valence-electron chi connectivity index (χ4n) is 2.45. The van der Waals surface area contributed by atoms with Crippen molar-refractivity contribution in [2.75, 3.05) is 13.1 Å². The standard InChI is InChI=1S/C18H23N3O3/c1-5-21(11-15(22)20-18(2,3)4)17(24)14-10-12-8-6-7-9-13(12)16(23)19-14/h6-10H,5,11H2,1-4H3,(H,19,23)(H,20,22). The van der Waals surface area contributed by atoms with E-state index in [0.29, 0.717) is 17.3 Å². The molecule has 128 valence electrons. The van der Waals surface area contributed by atoms with E-state index in [9.17, 15) is 14.4 Å². The predicted octanol–water partition coefficient (Wildman–Crippen LogP) is 1.90. The second kappa shape index (κ2) is 6.86. The van der Waals surface area contributed by atoms with Gasteiger partial charge in [-0.25, -0.2) is 0 Å². The number of likely N-dealkylation sites (N-methyl/N-ethyl adjacent to an activating group) is 1. The van der Waals surface area contributed by atoms with Gasteiger partial charge < -0.3 is 15.2 Å². The van der Waals surface area contributed by atoms with Crippen LogP contribution in [0.15, 0.2) is 35.1 Å². The van der Waals surface area contributed by atoms with Crippen LogP contribution in [0.25, 0.3) is 10.8 Å². The fraction of sp³-hybridized carbons (Fsp3) is 0.389. The minimum absolute atomic E-state index is 0.0541. The van der Waals surface area contributed by atoms with Gasteiger partial charge in [0.1, 0.15) is 5.69 Å². The number of aromatic nitrogens is 1. The van der Waals surface area contributed by atoms with E-state index in [1.165, 1.54) is 4.90 Å². The number of nitrogens with zero attached hydrogens (tertiary/aromatic N) is 1. The maximum atomic E-state index is 12.6. The van der Waals surface area contributed by atoms with E-state index in [0.717, 1.165) is 0 Å². The van der Waals surface area contributed by atoms with Crippen molar-refractivity contribution in [1.82, 2.24) is 15.2 Å². The Kier molecular flexibility index (Phi) is 5.07. The number of carbonyl (C=O) groups excluding carboxylic acids is 2. The summed E-state index contributed by atoms with van der Waals surface area (Å²) in [6.07, 6.45) is 0. The number of benzene rings is 1. The third kappa shape index (κ3) is 4.22. The maximum Gasteiger partial charge on any atom is 0.270 e. The van der Waals surface area contributed by atoms with E-state index < -0.39 is 0 Å². The molecule has 2 rings (SSSR count). The van der Waals surface area contributed by atoms with Gasteiger partial charge in [0, 0.05) is 17.5 Å². The minimum Gasteiger partial charge on any atom is -0.350 e. The van der Waals surface area contributed by atoms with Crippen LogP contribution < -0.4 is 10.9 Å². The molecule has 6 nitrogen and oxygen atoms in total. The molecular formula is C18H23N3O3.